The third kappa shape index (κ3) is 2.93. The Balaban J connectivity index is 1.78. The van der Waals surface area contributed by atoms with Crippen LogP contribution in [0.15, 0.2) is 55.0 Å². The molecule has 0 unspecified atom stereocenters. The van der Waals surface area contributed by atoms with Crippen molar-refractivity contribution < 1.29 is 9.53 Å². The molecule has 0 atom stereocenters. The zero-order chi connectivity index (χ0) is 15.4. The number of aromatic nitrogens is 4. The Labute approximate surface area is 126 Å². The van der Waals surface area contributed by atoms with Crippen LogP contribution in [-0.4, -0.2) is 32.8 Å². The van der Waals surface area contributed by atoms with E-state index in [-0.39, 0.29) is 0 Å². The van der Waals surface area contributed by atoms with Crippen LogP contribution in [0.4, 0.5) is 11.6 Å². The number of carbonyl (C=O) groups excluding carboxylic acids is 1. The van der Waals surface area contributed by atoms with Gasteiger partial charge in [0.05, 0.1) is 12.7 Å². The third-order valence-electron chi connectivity index (χ3n) is 2.91. The molecule has 0 spiro atoms. The minimum absolute atomic E-state index is 0.395. The largest absolute Gasteiger partial charge is 0.465 e. The van der Waals surface area contributed by atoms with Crippen molar-refractivity contribution in [1.29, 1.82) is 0 Å². The van der Waals surface area contributed by atoms with Crippen molar-refractivity contribution in [1.82, 2.24) is 19.7 Å². The van der Waals surface area contributed by atoms with E-state index in [9.17, 15) is 4.79 Å². The summed E-state index contributed by atoms with van der Waals surface area (Å²) in [5, 5.41) is 7.21. The first-order valence-electron chi connectivity index (χ1n) is 6.55. The van der Waals surface area contributed by atoms with Gasteiger partial charge in [0.25, 0.3) is 0 Å². The lowest BCUT2D eigenvalue weighted by molar-refractivity contribution is 0.0600. The second-order valence-corrected chi connectivity index (χ2v) is 4.38. The average Bonchev–Trinajstić information content (AvgIpc) is 3.10. The summed E-state index contributed by atoms with van der Waals surface area (Å²) in [6.45, 7) is 0. The van der Waals surface area contributed by atoms with Gasteiger partial charge in [-0.2, -0.15) is 5.10 Å². The number of carbonyl (C=O) groups is 1. The van der Waals surface area contributed by atoms with E-state index in [0.717, 1.165) is 0 Å². The van der Waals surface area contributed by atoms with Crippen LogP contribution in [-0.2, 0) is 4.74 Å². The van der Waals surface area contributed by atoms with Gasteiger partial charge in [0.1, 0.15) is 11.6 Å². The number of hydrogen-bond acceptors (Lipinski definition) is 6. The number of pyridine rings is 2. The number of methoxy groups -OCH3 is 1. The first-order chi connectivity index (χ1) is 10.8. The zero-order valence-electron chi connectivity index (χ0n) is 11.8. The van der Waals surface area contributed by atoms with Gasteiger partial charge >= 0.3 is 5.97 Å². The molecule has 7 nitrogen and oxygen atoms in total. The van der Waals surface area contributed by atoms with Gasteiger partial charge in [0, 0.05) is 18.6 Å². The fourth-order valence-electron chi connectivity index (χ4n) is 1.86. The molecule has 0 aliphatic rings. The predicted molar refractivity (Wildman–Crippen MR) is 80.2 cm³/mol. The highest BCUT2D eigenvalue weighted by atomic mass is 16.5. The molecule has 0 saturated carbocycles. The lowest BCUT2D eigenvalue weighted by atomic mass is 10.3. The molecule has 3 aromatic heterocycles. The molecule has 0 aliphatic carbocycles. The van der Waals surface area contributed by atoms with E-state index in [0.29, 0.717) is 23.0 Å². The van der Waals surface area contributed by atoms with Gasteiger partial charge in [-0.1, -0.05) is 6.07 Å². The number of hydrogen-bond donors (Lipinski definition) is 1. The molecule has 0 aliphatic heterocycles. The number of ether oxygens (including phenoxy) is 1. The van der Waals surface area contributed by atoms with E-state index in [4.69, 9.17) is 0 Å². The number of nitrogens with zero attached hydrogens (tertiary/aromatic N) is 4. The maximum Gasteiger partial charge on any atom is 0.339 e. The Morgan fingerprint density at radius 1 is 1.18 bits per heavy atom. The van der Waals surface area contributed by atoms with Gasteiger partial charge in [-0.3, -0.25) is 0 Å². The Hall–Kier alpha value is -3.22. The zero-order valence-corrected chi connectivity index (χ0v) is 11.8. The molecule has 0 bridgehead atoms. The summed E-state index contributed by atoms with van der Waals surface area (Å²) in [5.41, 5.74) is 0.395. The van der Waals surface area contributed by atoms with E-state index in [2.05, 4.69) is 25.1 Å². The fourth-order valence-corrected chi connectivity index (χ4v) is 1.86. The predicted octanol–water partition coefficient (Wildman–Crippen LogP) is 2.19. The van der Waals surface area contributed by atoms with E-state index in [1.54, 1.807) is 23.0 Å². The van der Waals surface area contributed by atoms with E-state index in [1.807, 2.05) is 30.5 Å². The Bertz CT molecular complexity index is 769. The third-order valence-corrected chi connectivity index (χ3v) is 2.91. The van der Waals surface area contributed by atoms with Crippen LogP contribution in [0, 0.1) is 0 Å². The minimum atomic E-state index is -0.419. The average molecular weight is 295 g/mol. The molecule has 22 heavy (non-hydrogen) atoms. The minimum Gasteiger partial charge on any atom is -0.465 e. The lowest BCUT2D eigenvalue weighted by Crippen LogP contribution is -2.04. The van der Waals surface area contributed by atoms with Crippen molar-refractivity contribution in [3.63, 3.8) is 0 Å². The van der Waals surface area contributed by atoms with Gasteiger partial charge in [0.2, 0.25) is 0 Å². The van der Waals surface area contributed by atoms with Gasteiger partial charge in [-0.05, 0) is 30.3 Å². The lowest BCUT2D eigenvalue weighted by Gasteiger charge is -2.07. The summed E-state index contributed by atoms with van der Waals surface area (Å²) in [5.74, 6) is 1.49. The van der Waals surface area contributed by atoms with Crippen molar-refractivity contribution in [2.75, 3.05) is 12.4 Å². The van der Waals surface area contributed by atoms with Crippen LogP contribution >= 0.6 is 0 Å². The molecule has 0 amide bonds. The molecule has 3 rings (SSSR count). The normalized spacial score (nSPS) is 10.2. The maximum atomic E-state index is 11.4. The molecule has 1 N–H and O–H groups in total. The highest BCUT2D eigenvalue weighted by Crippen LogP contribution is 2.14. The van der Waals surface area contributed by atoms with E-state index in [1.165, 1.54) is 13.3 Å². The molecule has 0 fully saturated rings. The second kappa shape index (κ2) is 6.04. The van der Waals surface area contributed by atoms with Crippen molar-refractivity contribution >= 4 is 17.6 Å². The van der Waals surface area contributed by atoms with Gasteiger partial charge in [-0.25, -0.2) is 19.4 Å². The van der Waals surface area contributed by atoms with Crippen molar-refractivity contribution in [3.8, 4) is 5.82 Å². The molecule has 0 saturated heterocycles. The fraction of sp³-hybridized carbons (Fsp3) is 0.0667. The molecule has 0 radical (unpaired) electrons. The van der Waals surface area contributed by atoms with E-state index < -0.39 is 5.97 Å². The molecular formula is C15H13N5O2. The number of anilines is 2. The quantitative estimate of drug-likeness (QED) is 0.743. The summed E-state index contributed by atoms with van der Waals surface area (Å²) in [7, 11) is 1.33. The van der Waals surface area contributed by atoms with Crippen LogP contribution in [0.1, 0.15) is 10.4 Å². The second-order valence-electron chi connectivity index (χ2n) is 4.38. The van der Waals surface area contributed by atoms with E-state index >= 15 is 0 Å². The Morgan fingerprint density at radius 2 is 2.09 bits per heavy atom. The highest BCUT2D eigenvalue weighted by molar-refractivity contribution is 5.89. The van der Waals surface area contributed by atoms with Crippen molar-refractivity contribution in [2.24, 2.45) is 0 Å². The molecule has 3 heterocycles. The van der Waals surface area contributed by atoms with Gasteiger partial charge in [-0.15, -0.1) is 0 Å². The first kappa shape index (κ1) is 13.7. The summed E-state index contributed by atoms with van der Waals surface area (Å²) in [4.78, 5) is 20.0. The van der Waals surface area contributed by atoms with Crippen LogP contribution in [0.5, 0.6) is 0 Å². The summed E-state index contributed by atoms with van der Waals surface area (Å²) in [6, 6.07) is 10.7. The molecule has 0 aromatic carbocycles. The Morgan fingerprint density at radius 3 is 2.77 bits per heavy atom. The number of esters is 1. The SMILES string of the molecule is COC(=O)c1ccc(Nc2cccc(-n3cccn3)n2)nc1. The maximum absolute atomic E-state index is 11.4. The summed E-state index contributed by atoms with van der Waals surface area (Å²) >= 11 is 0. The van der Waals surface area contributed by atoms with Crippen molar-refractivity contribution in [2.45, 2.75) is 0 Å². The molecule has 7 heteroatoms. The van der Waals surface area contributed by atoms with Crippen LogP contribution < -0.4 is 5.32 Å². The monoisotopic (exact) mass is 295 g/mol. The number of rotatable bonds is 4. The summed E-state index contributed by atoms with van der Waals surface area (Å²) < 4.78 is 6.30. The standard InChI is InChI=1S/C15H13N5O2/c1-22-15(21)11-6-7-12(16-10-11)18-13-4-2-5-14(19-13)20-9-3-8-17-20/h2-10H,1H3,(H,16,18,19). The summed E-state index contributed by atoms with van der Waals surface area (Å²) in [6.07, 6.45) is 4.95. The molecule has 110 valence electrons. The van der Waals surface area contributed by atoms with Crippen LogP contribution in [0.3, 0.4) is 0 Å². The van der Waals surface area contributed by atoms with Crippen LogP contribution in [0.2, 0.25) is 0 Å². The highest BCUT2D eigenvalue weighted by Gasteiger charge is 2.06. The van der Waals surface area contributed by atoms with Gasteiger partial charge in [0.15, 0.2) is 5.82 Å². The smallest absolute Gasteiger partial charge is 0.339 e. The molecular weight excluding hydrogens is 282 g/mol. The first-order valence-corrected chi connectivity index (χ1v) is 6.55. The van der Waals surface area contributed by atoms with Gasteiger partial charge < -0.3 is 10.1 Å². The molecule has 3 aromatic rings. The van der Waals surface area contributed by atoms with Crippen LogP contribution in [0.25, 0.3) is 5.82 Å². The van der Waals surface area contributed by atoms with Crippen molar-refractivity contribution in [3.05, 3.63) is 60.6 Å². The topological polar surface area (TPSA) is 81.9 Å². The Kier molecular flexibility index (Phi) is 3.78. The number of nitrogens with one attached hydrogen (secondary N) is 1.